The molecule has 0 aliphatic heterocycles. The summed E-state index contributed by atoms with van der Waals surface area (Å²) in [7, 11) is 1.14. The van der Waals surface area contributed by atoms with E-state index in [1.54, 1.807) is 0 Å². The molecule has 0 aliphatic rings. The highest BCUT2D eigenvalue weighted by atomic mass is 19.4. The molecule has 0 saturated carbocycles. The molecule has 0 spiro atoms. The molecule has 7 heteroatoms. The Labute approximate surface area is 132 Å². The SMILES string of the molecule is CCC(C)c1ccc(Nc2ncc(C(F)(F)F)c(OC)n2)cc1. The minimum atomic E-state index is -4.55. The van der Waals surface area contributed by atoms with Gasteiger partial charge in [-0.25, -0.2) is 4.98 Å². The molecule has 1 N–H and O–H groups in total. The quantitative estimate of drug-likeness (QED) is 0.861. The van der Waals surface area contributed by atoms with Crippen molar-refractivity contribution in [1.82, 2.24) is 9.97 Å². The molecule has 0 saturated heterocycles. The molecular formula is C16H18F3N3O. The number of rotatable bonds is 5. The summed E-state index contributed by atoms with van der Waals surface area (Å²) in [4.78, 5) is 7.46. The molecular weight excluding hydrogens is 307 g/mol. The van der Waals surface area contributed by atoms with Crippen LogP contribution in [0.1, 0.15) is 37.3 Å². The van der Waals surface area contributed by atoms with E-state index in [0.717, 1.165) is 13.5 Å². The summed E-state index contributed by atoms with van der Waals surface area (Å²) in [5.74, 6) is -0.0103. The molecule has 0 radical (unpaired) electrons. The summed E-state index contributed by atoms with van der Waals surface area (Å²) < 4.78 is 43.0. The maximum absolute atomic E-state index is 12.8. The van der Waals surface area contributed by atoms with Gasteiger partial charge in [-0.15, -0.1) is 0 Å². The Morgan fingerprint density at radius 1 is 1.22 bits per heavy atom. The fourth-order valence-electron chi connectivity index (χ4n) is 2.04. The van der Waals surface area contributed by atoms with Gasteiger partial charge in [0.25, 0.3) is 0 Å². The maximum Gasteiger partial charge on any atom is 0.423 e. The van der Waals surface area contributed by atoms with Gasteiger partial charge in [0.1, 0.15) is 5.56 Å². The van der Waals surface area contributed by atoms with Gasteiger partial charge in [0.2, 0.25) is 11.8 Å². The third-order valence-electron chi connectivity index (χ3n) is 3.60. The van der Waals surface area contributed by atoms with Crippen molar-refractivity contribution >= 4 is 11.6 Å². The Bertz CT molecular complexity index is 657. The lowest BCUT2D eigenvalue weighted by Gasteiger charge is -2.13. The lowest BCUT2D eigenvalue weighted by atomic mass is 9.99. The first-order valence-corrected chi connectivity index (χ1v) is 7.20. The Morgan fingerprint density at radius 2 is 1.87 bits per heavy atom. The third kappa shape index (κ3) is 4.12. The van der Waals surface area contributed by atoms with Gasteiger partial charge in [-0.3, -0.25) is 0 Å². The molecule has 0 fully saturated rings. The summed E-state index contributed by atoms with van der Waals surface area (Å²) >= 11 is 0. The van der Waals surface area contributed by atoms with Crippen molar-refractivity contribution in [2.75, 3.05) is 12.4 Å². The average Bonchev–Trinajstić information content (AvgIpc) is 2.53. The molecule has 1 aromatic carbocycles. The van der Waals surface area contributed by atoms with E-state index >= 15 is 0 Å². The fourth-order valence-corrected chi connectivity index (χ4v) is 2.04. The smallest absolute Gasteiger partial charge is 0.423 e. The first kappa shape index (κ1) is 17.1. The number of nitrogens with zero attached hydrogens (tertiary/aromatic N) is 2. The van der Waals surface area contributed by atoms with Crippen LogP contribution >= 0.6 is 0 Å². The molecule has 1 heterocycles. The van der Waals surface area contributed by atoms with Gasteiger partial charge in [0, 0.05) is 11.9 Å². The van der Waals surface area contributed by atoms with Crippen LogP contribution in [0.5, 0.6) is 5.88 Å². The molecule has 23 heavy (non-hydrogen) atoms. The van der Waals surface area contributed by atoms with Gasteiger partial charge in [0.15, 0.2) is 0 Å². The Hall–Kier alpha value is -2.31. The normalized spacial score (nSPS) is 12.8. The van der Waals surface area contributed by atoms with Gasteiger partial charge < -0.3 is 10.1 Å². The lowest BCUT2D eigenvalue weighted by molar-refractivity contribution is -0.139. The average molecular weight is 325 g/mol. The number of methoxy groups -OCH3 is 1. The first-order chi connectivity index (χ1) is 10.8. The van der Waals surface area contributed by atoms with E-state index in [9.17, 15) is 13.2 Å². The van der Waals surface area contributed by atoms with E-state index in [1.807, 2.05) is 24.3 Å². The summed E-state index contributed by atoms with van der Waals surface area (Å²) in [6.45, 7) is 4.24. The molecule has 0 aliphatic carbocycles. The molecule has 2 rings (SSSR count). The van der Waals surface area contributed by atoms with Crippen molar-refractivity contribution in [3.05, 3.63) is 41.6 Å². The highest BCUT2D eigenvalue weighted by Gasteiger charge is 2.36. The number of hydrogen-bond donors (Lipinski definition) is 1. The summed E-state index contributed by atoms with van der Waals surface area (Å²) in [5.41, 5.74) is 0.889. The first-order valence-electron chi connectivity index (χ1n) is 7.20. The fraction of sp³-hybridized carbons (Fsp3) is 0.375. The van der Waals surface area contributed by atoms with Crippen LogP contribution in [0.4, 0.5) is 24.8 Å². The van der Waals surface area contributed by atoms with Crippen LogP contribution in [0.2, 0.25) is 0 Å². The van der Waals surface area contributed by atoms with E-state index < -0.39 is 17.6 Å². The highest BCUT2D eigenvalue weighted by Crippen LogP contribution is 2.35. The molecule has 0 amide bonds. The van der Waals surface area contributed by atoms with Crippen molar-refractivity contribution in [3.63, 3.8) is 0 Å². The number of ether oxygens (including phenoxy) is 1. The van der Waals surface area contributed by atoms with E-state index in [0.29, 0.717) is 17.8 Å². The van der Waals surface area contributed by atoms with Crippen LogP contribution in [-0.4, -0.2) is 17.1 Å². The Morgan fingerprint density at radius 3 is 2.39 bits per heavy atom. The number of nitrogens with one attached hydrogen (secondary N) is 1. The lowest BCUT2D eigenvalue weighted by Crippen LogP contribution is -2.11. The van der Waals surface area contributed by atoms with Gasteiger partial charge in [-0.2, -0.15) is 18.2 Å². The van der Waals surface area contributed by atoms with Crippen molar-refractivity contribution in [2.24, 2.45) is 0 Å². The summed E-state index contributed by atoms with van der Waals surface area (Å²) in [6.07, 6.45) is -2.81. The molecule has 0 bridgehead atoms. The maximum atomic E-state index is 12.8. The number of anilines is 2. The number of benzene rings is 1. The van der Waals surface area contributed by atoms with Crippen molar-refractivity contribution < 1.29 is 17.9 Å². The highest BCUT2D eigenvalue weighted by molar-refractivity contribution is 5.54. The van der Waals surface area contributed by atoms with Crippen LogP contribution in [-0.2, 0) is 6.18 Å². The minimum Gasteiger partial charge on any atom is -0.480 e. The van der Waals surface area contributed by atoms with E-state index in [2.05, 4.69) is 29.1 Å². The van der Waals surface area contributed by atoms with E-state index in [4.69, 9.17) is 4.74 Å². The molecule has 1 unspecified atom stereocenters. The van der Waals surface area contributed by atoms with Gasteiger partial charge in [-0.1, -0.05) is 26.0 Å². The monoisotopic (exact) mass is 325 g/mol. The van der Waals surface area contributed by atoms with E-state index in [-0.39, 0.29) is 5.95 Å². The largest absolute Gasteiger partial charge is 0.480 e. The molecule has 2 aromatic rings. The zero-order chi connectivity index (χ0) is 17.0. The Balaban J connectivity index is 2.20. The van der Waals surface area contributed by atoms with Crippen molar-refractivity contribution in [2.45, 2.75) is 32.4 Å². The summed E-state index contributed by atoms with van der Waals surface area (Å²) in [6, 6.07) is 7.62. The van der Waals surface area contributed by atoms with Gasteiger partial charge in [0.05, 0.1) is 7.11 Å². The molecule has 4 nitrogen and oxygen atoms in total. The standard InChI is InChI=1S/C16H18F3N3O/c1-4-10(2)11-5-7-12(8-6-11)21-15-20-9-13(16(17,18)19)14(22-15)23-3/h5-10H,4H2,1-3H3,(H,20,21,22). The van der Waals surface area contributed by atoms with Crippen molar-refractivity contribution in [1.29, 1.82) is 0 Å². The molecule has 1 aromatic heterocycles. The number of aromatic nitrogens is 2. The third-order valence-corrected chi connectivity index (χ3v) is 3.60. The summed E-state index contributed by atoms with van der Waals surface area (Å²) in [5, 5.41) is 2.87. The Kier molecular flexibility index (Phi) is 5.08. The van der Waals surface area contributed by atoms with Crippen LogP contribution in [0.3, 0.4) is 0 Å². The van der Waals surface area contributed by atoms with Crippen LogP contribution in [0.15, 0.2) is 30.5 Å². The van der Waals surface area contributed by atoms with Crippen LogP contribution in [0.25, 0.3) is 0 Å². The van der Waals surface area contributed by atoms with Crippen LogP contribution in [0, 0.1) is 0 Å². The second kappa shape index (κ2) is 6.85. The number of hydrogen-bond acceptors (Lipinski definition) is 4. The topological polar surface area (TPSA) is 47.0 Å². The zero-order valence-corrected chi connectivity index (χ0v) is 13.1. The number of alkyl halides is 3. The molecule has 1 atom stereocenters. The predicted molar refractivity (Wildman–Crippen MR) is 82.0 cm³/mol. The van der Waals surface area contributed by atoms with Gasteiger partial charge >= 0.3 is 6.18 Å². The molecule has 124 valence electrons. The number of halogens is 3. The van der Waals surface area contributed by atoms with Crippen molar-refractivity contribution in [3.8, 4) is 5.88 Å². The van der Waals surface area contributed by atoms with Crippen LogP contribution < -0.4 is 10.1 Å². The van der Waals surface area contributed by atoms with E-state index in [1.165, 1.54) is 5.56 Å². The second-order valence-corrected chi connectivity index (χ2v) is 5.17. The van der Waals surface area contributed by atoms with Gasteiger partial charge in [-0.05, 0) is 30.0 Å². The minimum absolute atomic E-state index is 0.0474. The second-order valence-electron chi connectivity index (χ2n) is 5.17. The predicted octanol–water partition coefficient (Wildman–Crippen LogP) is 4.76. The zero-order valence-electron chi connectivity index (χ0n) is 13.1.